The lowest BCUT2D eigenvalue weighted by Gasteiger charge is -2.13. The van der Waals surface area contributed by atoms with Gasteiger partial charge in [-0.2, -0.15) is 0 Å². The molecule has 0 fully saturated rings. The van der Waals surface area contributed by atoms with Gasteiger partial charge < -0.3 is 20.0 Å². The molecular weight excluding hydrogens is 679 g/mol. The Hall–Kier alpha value is -7.25. The second-order valence-corrected chi connectivity index (χ2v) is 13.3. The Morgan fingerprint density at radius 2 is 0.891 bits per heavy atom. The molecule has 0 saturated carbocycles. The fourth-order valence-electron chi connectivity index (χ4n) is 7.45. The van der Waals surface area contributed by atoms with E-state index in [2.05, 4.69) is 143 Å². The Morgan fingerprint density at radius 1 is 0.509 bits per heavy atom. The van der Waals surface area contributed by atoms with Crippen molar-refractivity contribution in [1.82, 2.24) is 19.9 Å². The molecule has 0 saturated heterocycles. The number of fused-ring (bicyclic) bond motifs is 8. The molecule has 7 heteroatoms. The predicted molar refractivity (Wildman–Crippen MR) is 226 cm³/mol. The molecule has 0 atom stereocenters. The highest BCUT2D eigenvalue weighted by molar-refractivity contribution is 6.01. The van der Waals surface area contributed by atoms with Crippen LogP contribution in [0.25, 0.3) is 90.9 Å². The van der Waals surface area contributed by atoms with Crippen LogP contribution in [0.2, 0.25) is 0 Å². The molecule has 7 nitrogen and oxygen atoms in total. The largest absolute Gasteiger partial charge is 0.465 e. The summed E-state index contributed by atoms with van der Waals surface area (Å²) in [6.07, 6.45) is 8.38. The molecule has 0 aliphatic carbocycles. The number of aromatic nitrogens is 4. The van der Waals surface area contributed by atoms with Crippen LogP contribution in [0.15, 0.2) is 140 Å². The van der Waals surface area contributed by atoms with Crippen LogP contribution in [0.5, 0.6) is 0 Å². The van der Waals surface area contributed by atoms with Gasteiger partial charge in [0.05, 0.1) is 29.4 Å². The summed E-state index contributed by atoms with van der Waals surface area (Å²) in [5.41, 5.74) is 15.7. The molecule has 3 aromatic heterocycles. The van der Waals surface area contributed by atoms with Crippen LogP contribution in [0, 0.1) is 0 Å². The van der Waals surface area contributed by atoms with Gasteiger partial charge in [-0.05, 0) is 78.3 Å². The number of aromatic amines is 2. The van der Waals surface area contributed by atoms with Crippen LogP contribution in [0.1, 0.15) is 29.7 Å². The third kappa shape index (κ3) is 6.53. The topological polar surface area (TPSA) is 95.7 Å². The summed E-state index contributed by atoms with van der Waals surface area (Å²) in [4.78, 5) is 30.8. The normalized spacial score (nSPS) is 11.8. The highest BCUT2D eigenvalue weighted by Crippen LogP contribution is 2.39. The first-order valence-corrected chi connectivity index (χ1v) is 18.5. The molecule has 0 radical (unpaired) electrons. The van der Waals surface area contributed by atoms with Gasteiger partial charge in [-0.1, -0.05) is 109 Å². The number of para-hydroxylation sites is 1. The van der Waals surface area contributed by atoms with Gasteiger partial charge in [0, 0.05) is 55.6 Å². The number of H-pyrrole nitrogens is 2. The van der Waals surface area contributed by atoms with E-state index in [-0.39, 0.29) is 12.5 Å². The first-order chi connectivity index (χ1) is 27.1. The molecular formula is C48H37N5O2. The molecule has 0 amide bonds. The van der Waals surface area contributed by atoms with Crippen LogP contribution < -0.4 is 5.32 Å². The molecule has 3 N–H and O–H groups in total. The first-order valence-electron chi connectivity index (χ1n) is 18.5. The van der Waals surface area contributed by atoms with Gasteiger partial charge in [0.1, 0.15) is 6.54 Å². The quantitative estimate of drug-likeness (QED) is 0.136. The van der Waals surface area contributed by atoms with Crippen molar-refractivity contribution in [3.63, 3.8) is 0 Å². The Balaban J connectivity index is 1.42. The zero-order valence-corrected chi connectivity index (χ0v) is 30.2. The SMILES string of the molecule is CCOC(=O)CNc1ccccc1-c1c2nc(c(-c3ccccc3)c3ccc([nH]3)c(-c3ccccc3)c3nc(c(-c4ccccc4)c4ccc1[nH]4)C=C3)C=C2. The van der Waals surface area contributed by atoms with Crippen molar-refractivity contribution in [3.05, 3.63) is 162 Å². The van der Waals surface area contributed by atoms with E-state index in [1.165, 1.54) is 0 Å². The standard InChI is InChI=1S/C48H37N5O2/c1-2-55-44(54)30-49-35-21-13-12-20-34(35)48-42-28-26-40(52-42)46(32-16-8-4-9-17-32)38-24-22-36(50-38)45(31-14-6-3-7-15-31)37-23-25-39(51-37)47(33-18-10-5-11-19-33)41-27-29-43(48)53-41/h3-29,49-50,53H,2,30H2,1H3. The van der Waals surface area contributed by atoms with Gasteiger partial charge in [0.15, 0.2) is 0 Å². The van der Waals surface area contributed by atoms with Gasteiger partial charge in [-0.25, -0.2) is 9.97 Å². The Labute approximate surface area is 318 Å². The molecule has 0 unspecified atom stereocenters. The van der Waals surface area contributed by atoms with Crippen molar-refractivity contribution in [2.75, 3.05) is 18.5 Å². The van der Waals surface area contributed by atoms with Gasteiger partial charge in [0.25, 0.3) is 0 Å². The van der Waals surface area contributed by atoms with Crippen LogP contribution >= 0.6 is 0 Å². The number of hydrogen-bond acceptors (Lipinski definition) is 5. The van der Waals surface area contributed by atoms with E-state index in [4.69, 9.17) is 14.7 Å². The predicted octanol–water partition coefficient (Wildman–Crippen LogP) is 11.3. The molecule has 266 valence electrons. The molecule has 8 bridgehead atoms. The van der Waals surface area contributed by atoms with Crippen molar-refractivity contribution < 1.29 is 9.53 Å². The summed E-state index contributed by atoms with van der Waals surface area (Å²) in [5, 5.41) is 3.34. The lowest BCUT2D eigenvalue weighted by atomic mass is 10.0. The van der Waals surface area contributed by atoms with E-state index in [0.717, 1.165) is 95.0 Å². The smallest absolute Gasteiger partial charge is 0.325 e. The van der Waals surface area contributed by atoms with Gasteiger partial charge in [-0.3, -0.25) is 4.79 Å². The Morgan fingerprint density at radius 3 is 1.33 bits per heavy atom. The maximum Gasteiger partial charge on any atom is 0.325 e. The minimum atomic E-state index is -0.320. The van der Waals surface area contributed by atoms with Crippen molar-refractivity contribution in [2.45, 2.75) is 6.92 Å². The van der Waals surface area contributed by atoms with Gasteiger partial charge >= 0.3 is 5.97 Å². The van der Waals surface area contributed by atoms with Crippen molar-refractivity contribution >= 4 is 58.0 Å². The number of nitrogens with zero attached hydrogens (tertiary/aromatic N) is 2. The molecule has 7 aromatic rings. The van der Waals surface area contributed by atoms with Crippen molar-refractivity contribution in [3.8, 4) is 44.5 Å². The zero-order valence-electron chi connectivity index (χ0n) is 30.2. The number of ether oxygens (including phenoxy) is 1. The number of carbonyl (C=O) groups is 1. The number of carbonyl (C=O) groups excluding carboxylic acids is 1. The third-order valence-corrected chi connectivity index (χ3v) is 9.87. The molecule has 55 heavy (non-hydrogen) atoms. The summed E-state index contributed by atoms with van der Waals surface area (Å²) < 4.78 is 5.25. The number of rotatable bonds is 8. The average Bonchev–Trinajstić information content (AvgIpc) is 4.07. The van der Waals surface area contributed by atoms with Crippen LogP contribution in [-0.2, 0) is 9.53 Å². The van der Waals surface area contributed by atoms with E-state index < -0.39 is 0 Å². The monoisotopic (exact) mass is 715 g/mol. The number of hydrogen-bond donors (Lipinski definition) is 3. The van der Waals surface area contributed by atoms with Crippen molar-refractivity contribution in [2.24, 2.45) is 0 Å². The summed E-state index contributed by atoms with van der Waals surface area (Å²) in [5.74, 6) is -0.320. The third-order valence-electron chi connectivity index (χ3n) is 9.87. The summed E-state index contributed by atoms with van der Waals surface area (Å²) in [7, 11) is 0. The number of esters is 1. The number of anilines is 1. The minimum Gasteiger partial charge on any atom is -0.465 e. The number of nitrogens with one attached hydrogen (secondary N) is 3. The molecule has 0 spiro atoms. The molecule has 2 aliphatic rings. The summed E-state index contributed by atoms with van der Waals surface area (Å²) in [6.45, 7) is 2.16. The first kappa shape index (κ1) is 33.6. The maximum absolute atomic E-state index is 12.5. The van der Waals surface area contributed by atoms with Crippen LogP contribution in [0.4, 0.5) is 5.69 Å². The Kier molecular flexibility index (Phi) is 8.94. The Bertz CT molecular complexity index is 2740. The maximum atomic E-state index is 12.5. The highest BCUT2D eigenvalue weighted by Gasteiger charge is 2.20. The lowest BCUT2D eigenvalue weighted by Crippen LogP contribution is -2.17. The van der Waals surface area contributed by atoms with E-state index >= 15 is 0 Å². The second-order valence-electron chi connectivity index (χ2n) is 13.3. The van der Waals surface area contributed by atoms with Gasteiger partial charge in [0.2, 0.25) is 0 Å². The summed E-state index contributed by atoms with van der Waals surface area (Å²) >= 11 is 0. The summed E-state index contributed by atoms with van der Waals surface area (Å²) in [6, 6.07) is 47.6. The van der Waals surface area contributed by atoms with E-state index in [9.17, 15) is 4.79 Å². The molecule has 5 heterocycles. The van der Waals surface area contributed by atoms with Crippen molar-refractivity contribution in [1.29, 1.82) is 0 Å². The highest BCUT2D eigenvalue weighted by atomic mass is 16.5. The molecule has 2 aliphatic heterocycles. The average molecular weight is 716 g/mol. The van der Waals surface area contributed by atoms with Crippen LogP contribution in [0.3, 0.4) is 0 Å². The lowest BCUT2D eigenvalue weighted by molar-refractivity contribution is -0.140. The van der Waals surface area contributed by atoms with E-state index in [1.807, 2.05) is 43.3 Å². The van der Waals surface area contributed by atoms with E-state index in [0.29, 0.717) is 6.61 Å². The fourth-order valence-corrected chi connectivity index (χ4v) is 7.45. The molecule has 9 rings (SSSR count). The number of benzene rings is 4. The second kappa shape index (κ2) is 14.6. The fraction of sp³-hybridized carbons (Fsp3) is 0.0625. The van der Waals surface area contributed by atoms with E-state index in [1.54, 1.807) is 0 Å². The molecule has 4 aromatic carbocycles. The zero-order chi connectivity index (χ0) is 37.1. The van der Waals surface area contributed by atoms with Gasteiger partial charge in [-0.15, -0.1) is 0 Å². The minimum absolute atomic E-state index is 0.0355. The van der Waals surface area contributed by atoms with Crippen LogP contribution in [-0.4, -0.2) is 39.1 Å².